The molecule has 0 aliphatic rings. The molecule has 0 radical (unpaired) electrons. The number of rotatable bonds is 5. The minimum atomic E-state index is -4.82. The van der Waals surface area contributed by atoms with Gasteiger partial charge in [0.15, 0.2) is 5.60 Å². The normalized spacial score (nSPS) is 14.6. The van der Waals surface area contributed by atoms with E-state index in [1.807, 2.05) is 6.07 Å². The highest BCUT2D eigenvalue weighted by Crippen LogP contribution is 2.43. The first-order valence-electron chi connectivity index (χ1n) is 7.92. The third-order valence-corrected chi connectivity index (χ3v) is 4.44. The van der Waals surface area contributed by atoms with Crippen LogP contribution in [0.1, 0.15) is 37.0 Å². The smallest absolute Gasteiger partial charge is 0.380 e. The summed E-state index contributed by atoms with van der Waals surface area (Å²) in [7, 11) is 0. The number of nitrogens with zero attached hydrogens (tertiary/aromatic N) is 1. The van der Waals surface area contributed by atoms with E-state index in [-0.39, 0.29) is 11.1 Å². The summed E-state index contributed by atoms with van der Waals surface area (Å²) >= 11 is 0. The highest BCUT2D eigenvalue weighted by atomic mass is 19.4. The van der Waals surface area contributed by atoms with E-state index in [9.17, 15) is 18.3 Å². The van der Waals surface area contributed by atoms with E-state index < -0.39 is 30.0 Å². The second-order valence-electron chi connectivity index (χ2n) is 6.90. The number of halogens is 3. The summed E-state index contributed by atoms with van der Waals surface area (Å²) in [6, 6.07) is 16.7. The predicted octanol–water partition coefficient (Wildman–Crippen LogP) is 4.76. The highest BCUT2D eigenvalue weighted by Gasteiger charge is 2.55. The van der Waals surface area contributed by atoms with E-state index in [2.05, 4.69) is 0 Å². The molecule has 25 heavy (non-hydrogen) atoms. The lowest BCUT2D eigenvalue weighted by molar-refractivity contribution is -0.266. The molecule has 1 N–H and O–H groups in total. The Kier molecular flexibility index (Phi) is 5.24. The molecule has 0 bridgehead atoms. The Morgan fingerprint density at radius 1 is 0.960 bits per heavy atom. The first-order chi connectivity index (χ1) is 11.6. The molecule has 2 nitrogen and oxygen atoms in total. The molecule has 0 saturated heterocycles. The summed E-state index contributed by atoms with van der Waals surface area (Å²) in [6.07, 6.45) is -5.98. The minimum Gasteiger partial charge on any atom is -0.380 e. The Morgan fingerprint density at radius 2 is 1.52 bits per heavy atom. The zero-order valence-corrected chi connectivity index (χ0v) is 14.1. The second kappa shape index (κ2) is 6.89. The molecule has 0 heterocycles. The van der Waals surface area contributed by atoms with Gasteiger partial charge >= 0.3 is 6.18 Å². The summed E-state index contributed by atoms with van der Waals surface area (Å²) in [6.45, 7) is 3.35. The molecule has 0 saturated carbocycles. The molecule has 0 aliphatic heterocycles. The van der Waals surface area contributed by atoms with E-state index in [1.54, 1.807) is 56.3 Å². The molecule has 2 rings (SSSR count). The molecule has 0 aromatic heterocycles. The molecule has 1 unspecified atom stereocenters. The van der Waals surface area contributed by atoms with Crippen LogP contribution in [0.25, 0.3) is 0 Å². The molecule has 0 spiro atoms. The lowest BCUT2D eigenvalue weighted by atomic mass is 9.73. The maximum Gasteiger partial charge on any atom is 0.417 e. The van der Waals surface area contributed by atoms with E-state index in [4.69, 9.17) is 5.26 Å². The lowest BCUT2D eigenvalue weighted by Crippen LogP contribution is -2.50. The quantitative estimate of drug-likeness (QED) is 0.847. The number of hydrogen-bond donors (Lipinski definition) is 1. The van der Waals surface area contributed by atoms with Crippen LogP contribution in [0.15, 0.2) is 54.6 Å². The van der Waals surface area contributed by atoms with Gasteiger partial charge in [0.25, 0.3) is 0 Å². The second-order valence-corrected chi connectivity index (χ2v) is 6.90. The van der Waals surface area contributed by atoms with Crippen LogP contribution in [-0.2, 0) is 11.8 Å². The minimum absolute atomic E-state index is 0.141. The van der Waals surface area contributed by atoms with Crippen molar-refractivity contribution < 1.29 is 18.3 Å². The van der Waals surface area contributed by atoms with Gasteiger partial charge in [-0.05, 0) is 29.0 Å². The number of nitriles is 1. The average Bonchev–Trinajstić information content (AvgIpc) is 2.54. The van der Waals surface area contributed by atoms with Crippen LogP contribution >= 0.6 is 0 Å². The molecule has 2 aromatic rings. The van der Waals surface area contributed by atoms with Crippen LogP contribution in [-0.4, -0.2) is 16.9 Å². The third kappa shape index (κ3) is 4.21. The molecular weight excluding hydrogens is 327 g/mol. The molecule has 0 fully saturated rings. The van der Waals surface area contributed by atoms with Crippen LogP contribution in [0.2, 0.25) is 0 Å². The Balaban J connectivity index is 2.41. The van der Waals surface area contributed by atoms with E-state index in [0.29, 0.717) is 5.56 Å². The Hall–Kier alpha value is -2.32. The Bertz CT molecular complexity index is 763. The lowest BCUT2D eigenvalue weighted by Gasteiger charge is -2.38. The SMILES string of the molecule is CC(C)(CC(O)(Cc1ccccc1C#N)C(F)(F)F)c1ccccc1. The van der Waals surface area contributed by atoms with Gasteiger partial charge in [0.1, 0.15) is 0 Å². The Labute approximate surface area is 145 Å². The third-order valence-electron chi connectivity index (χ3n) is 4.44. The fourth-order valence-corrected chi connectivity index (χ4v) is 3.08. The largest absolute Gasteiger partial charge is 0.417 e. The topological polar surface area (TPSA) is 44.0 Å². The van der Waals surface area contributed by atoms with Crippen molar-refractivity contribution in [2.45, 2.75) is 43.9 Å². The van der Waals surface area contributed by atoms with Crippen LogP contribution in [0.4, 0.5) is 13.2 Å². The summed E-state index contributed by atoms with van der Waals surface area (Å²) in [5, 5.41) is 19.7. The van der Waals surface area contributed by atoms with Crippen LogP contribution in [0.3, 0.4) is 0 Å². The van der Waals surface area contributed by atoms with Crippen molar-refractivity contribution in [3.63, 3.8) is 0 Å². The Morgan fingerprint density at radius 3 is 2.08 bits per heavy atom. The fourth-order valence-electron chi connectivity index (χ4n) is 3.08. The number of aliphatic hydroxyl groups is 1. The predicted molar refractivity (Wildman–Crippen MR) is 90.0 cm³/mol. The maximum absolute atomic E-state index is 13.7. The van der Waals surface area contributed by atoms with Crippen molar-refractivity contribution in [1.82, 2.24) is 0 Å². The first kappa shape index (κ1) is 19.0. The fraction of sp³-hybridized carbons (Fsp3) is 0.350. The van der Waals surface area contributed by atoms with E-state index in [1.165, 1.54) is 12.1 Å². The first-order valence-corrected chi connectivity index (χ1v) is 7.92. The maximum atomic E-state index is 13.7. The van der Waals surface area contributed by atoms with Crippen molar-refractivity contribution in [3.05, 3.63) is 71.3 Å². The molecule has 5 heteroatoms. The average molecular weight is 347 g/mol. The van der Waals surface area contributed by atoms with Gasteiger partial charge in [0.2, 0.25) is 0 Å². The highest BCUT2D eigenvalue weighted by molar-refractivity contribution is 5.38. The molecule has 2 aromatic carbocycles. The van der Waals surface area contributed by atoms with Gasteiger partial charge in [0, 0.05) is 6.42 Å². The molecular formula is C20H20F3NO. The molecule has 1 atom stereocenters. The summed E-state index contributed by atoms with van der Waals surface area (Å²) in [4.78, 5) is 0. The van der Waals surface area contributed by atoms with Gasteiger partial charge in [-0.3, -0.25) is 0 Å². The van der Waals surface area contributed by atoms with Gasteiger partial charge in [0.05, 0.1) is 11.6 Å². The number of hydrogen-bond acceptors (Lipinski definition) is 2. The van der Waals surface area contributed by atoms with Crippen molar-refractivity contribution in [2.75, 3.05) is 0 Å². The van der Waals surface area contributed by atoms with Gasteiger partial charge in [-0.1, -0.05) is 62.4 Å². The number of alkyl halides is 3. The standard InChI is InChI=1S/C20H20F3NO/c1-18(2,17-10-4-3-5-11-17)14-19(25,20(21,22)23)12-15-8-6-7-9-16(15)13-24/h3-11,25H,12,14H2,1-2H3. The summed E-state index contributed by atoms with van der Waals surface area (Å²) < 4.78 is 41.2. The molecule has 132 valence electrons. The van der Waals surface area contributed by atoms with E-state index >= 15 is 0 Å². The van der Waals surface area contributed by atoms with Crippen molar-refractivity contribution in [3.8, 4) is 6.07 Å². The zero-order chi connectivity index (χ0) is 18.7. The van der Waals surface area contributed by atoms with Crippen molar-refractivity contribution in [1.29, 1.82) is 5.26 Å². The van der Waals surface area contributed by atoms with Crippen LogP contribution in [0.5, 0.6) is 0 Å². The summed E-state index contributed by atoms with van der Waals surface area (Å²) in [5.41, 5.74) is -2.78. The van der Waals surface area contributed by atoms with Gasteiger partial charge in [-0.2, -0.15) is 18.4 Å². The summed E-state index contributed by atoms with van der Waals surface area (Å²) in [5.74, 6) is 0. The van der Waals surface area contributed by atoms with E-state index in [0.717, 1.165) is 0 Å². The van der Waals surface area contributed by atoms with Crippen molar-refractivity contribution >= 4 is 0 Å². The van der Waals surface area contributed by atoms with Gasteiger partial charge in [-0.15, -0.1) is 0 Å². The zero-order valence-electron chi connectivity index (χ0n) is 14.1. The molecule has 0 amide bonds. The van der Waals surface area contributed by atoms with Gasteiger partial charge in [-0.25, -0.2) is 0 Å². The van der Waals surface area contributed by atoms with Crippen molar-refractivity contribution in [2.24, 2.45) is 0 Å². The van der Waals surface area contributed by atoms with Crippen LogP contribution < -0.4 is 0 Å². The monoisotopic (exact) mass is 347 g/mol. The van der Waals surface area contributed by atoms with Gasteiger partial charge < -0.3 is 5.11 Å². The number of benzene rings is 2. The van der Waals surface area contributed by atoms with Crippen LogP contribution in [0, 0.1) is 11.3 Å². The molecule has 0 aliphatic carbocycles.